The van der Waals surface area contributed by atoms with E-state index in [9.17, 15) is 14.0 Å². The maximum Gasteiger partial charge on any atom is 0.376 e. The Morgan fingerprint density at radius 1 is 1.33 bits per heavy atom. The number of carbonyl (C=O) groups is 2. The first-order valence-electron chi connectivity index (χ1n) is 4.08. The number of halogens is 2. The lowest BCUT2D eigenvalue weighted by Gasteiger charge is -2.06. The van der Waals surface area contributed by atoms with Crippen molar-refractivity contribution in [3.8, 4) is 0 Å². The molecule has 0 aliphatic carbocycles. The zero-order chi connectivity index (χ0) is 11.4. The van der Waals surface area contributed by atoms with Gasteiger partial charge >= 0.3 is 5.97 Å². The lowest BCUT2D eigenvalue weighted by atomic mass is 10.1. The molecule has 1 atom stereocenters. The van der Waals surface area contributed by atoms with Crippen LogP contribution in [0.2, 0.25) is 0 Å². The van der Waals surface area contributed by atoms with Crippen LogP contribution in [0.4, 0.5) is 4.39 Å². The summed E-state index contributed by atoms with van der Waals surface area (Å²) in [6.07, 6.45) is 0. The van der Waals surface area contributed by atoms with Gasteiger partial charge in [0.15, 0.2) is 0 Å². The molecule has 0 aliphatic heterocycles. The molecule has 0 heterocycles. The molecular formula is C10H8ClFO3. The molecule has 1 aromatic carbocycles. The predicted octanol–water partition coefficient (Wildman–Crippen LogP) is 1.85. The number of benzene rings is 1. The van der Waals surface area contributed by atoms with Crippen molar-refractivity contribution in [3.05, 3.63) is 35.6 Å². The van der Waals surface area contributed by atoms with Crippen molar-refractivity contribution in [2.24, 2.45) is 0 Å². The molecule has 0 bridgehead atoms. The SMILES string of the molecule is COC(=O)C(=O)[C@H](Cl)c1ccc(F)cc1. The molecule has 3 nitrogen and oxygen atoms in total. The van der Waals surface area contributed by atoms with Crippen molar-refractivity contribution in [1.29, 1.82) is 0 Å². The maximum absolute atomic E-state index is 12.6. The minimum absolute atomic E-state index is 0.355. The van der Waals surface area contributed by atoms with Crippen LogP contribution in [0.3, 0.4) is 0 Å². The van der Waals surface area contributed by atoms with Crippen LogP contribution in [0.1, 0.15) is 10.9 Å². The van der Waals surface area contributed by atoms with E-state index in [4.69, 9.17) is 11.6 Å². The van der Waals surface area contributed by atoms with Crippen LogP contribution in [0, 0.1) is 5.82 Å². The predicted molar refractivity (Wildman–Crippen MR) is 52.0 cm³/mol. The van der Waals surface area contributed by atoms with Crippen LogP contribution < -0.4 is 0 Å². The molecule has 0 amide bonds. The summed E-state index contributed by atoms with van der Waals surface area (Å²) in [5, 5.41) is -1.14. The molecule has 1 aromatic rings. The molecule has 15 heavy (non-hydrogen) atoms. The molecule has 0 N–H and O–H groups in total. The Morgan fingerprint density at radius 3 is 2.33 bits per heavy atom. The van der Waals surface area contributed by atoms with E-state index in [-0.39, 0.29) is 0 Å². The van der Waals surface area contributed by atoms with E-state index in [1.807, 2.05) is 0 Å². The Kier molecular flexibility index (Phi) is 3.80. The van der Waals surface area contributed by atoms with Gasteiger partial charge in [0, 0.05) is 0 Å². The normalized spacial score (nSPS) is 11.9. The molecule has 0 saturated heterocycles. The van der Waals surface area contributed by atoms with E-state index in [1.165, 1.54) is 12.1 Å². The van der Waals surface area contributed by atoms with Gasteiger partial charge in [-0.3, -0.25) is 4.79 Å². The summed E-state index contributed by atoms with van der Waals surface area (Å²) in [5.74, 6) is -2.32. The molecule has 5 heteroatoms. The van der Waals surface area contributed by atoms with E-state index in [0.717, 1.165) is 19.2 Å². The van der Waals surface area contributed by atoms with Crippen molar-refractivity contribution in [3.63, 3.8) is 0 Å². The summed E-state index contributed by atoms with van der Waals surface area (Å²) < 4.78 is 16.8. The van der Waals surface area contributed by atoms with Crippen LogP contribution in [0.5, 0.6) is 0 Å². The molecule has 0 spiro atoms. The van der Waals surface area contributed by atoms with Crippen LogP contribution in [0.25, 0.3) is 0 Å². The summed E-state index contributed by atoms with van der Waals surface area (Å²) in [6.45, 7) is 0. The lowest BCUT2D eigenvalue weighted by molar-refractivity contribution is -0.151. The van der Waals surface area contributed by atoms with E-state index < -0.39 is 22.9 Å². The van der Waals surface area contributed by atoms with E-state index in [0.29, 0.717) is 5.56 Å². The second-order valence-corrected chi connectivity index (χ2v) is 3.21. The largest absolute Gasteiger partial charge is 0.463 e. The lowest BCUT2D eigenvalue weighted by Crippen LogP contribution is -2.20. The molecule has 0 aliphatic rings. The fourth-order valence-corrected chi connectivity index (χ4v) is 1.22. The van der Waals surface area contributed by atoms with Gasteiger partial charge in [-0.05, 0) is 17.7 Å². The molecule has 0 saturated carbocycles. The molecule has 0 aromatic heterocycles. The van der Waals surface area contributed by atoms with Crippen LogP contribution in [0.15, 0.2) is 24.3 Å². The third-order valence-corrected chi connectivity index (χ3v) is 2.23. The van der Waals surface area contributed by atoms with Crippen molar-refractivity contribution in [2.75, 3.05) is 7.11 Å². The molecule has 0 fully saturated rings. The average molecular weight is 231 g/mol. The minimum Gasteiger partial charge on any atom is -0.463 e. The number of ether oxygens (including phenoxy) is 1. The Bertz CT molecular complexity index is 375. The number of ketones is 1. The Labute approximate surface area is 90.8 Å². The second kappa shape index (κ2) is 4.89. The number of hydrogen-bond acceptors (Lipinski definition) is 3. The topological polar surface area (TPSA) is 43.4 Å². The van der Waals surface area contributed by atoms with Crippen LogP contribution >= 0.6 is 11.6 Å². The van der Waals surface area contributed by atoms with E-state index in [2.05, 4.69) is 4.74 Å². The van der Waals surface area contributed by atoms with Crippen molar-refractivity contribution in [2.45, 2.75) is 5.38 Å². The number of methoxy groups -OCH3 is 1. The van der Waals surface area contributed by atoms with E-state index >= 15 is 0 Å². The van der Waals surface area contributed by atoms with Gasteiger partial charge in [0.25, 0.3) is 5.78 Å². The highest BCUT2D eigenvalue weighted by molar-refractivity contribution is 6.47. The molecule has 0 unspecified atom stereocenters. The van der Waals surface area contributed by atoms with Crippen molar-refractivity contribution in [1.82, 2.24) is 0 Å². The monoisotopic (exact) mass is 230 g/mol. The number of rotatable bonds is 3. The fraction of sp³-hybridized carbons (Fsp3) is 0.200. The quantitative estimate of drug-likeness (QED) is 0.452. The zero-order valence-corrected chi connectivity index (χ0v) is 8.62. The maximum atomic E-state index is 12.6. The average Bonchev–Trinajstić information content (AvgIpc) is 2.27. The van der Waals surface area contributed by atoms with Gasteiger partial charge in [-0.1, -0.05) is 12.1 Å². The van der Waals surface area contributed by atoms with Crippen LogP contribution in [-0.4, -0.2) is 18.9 Å². The highest BCUT2D eigenvalue weighted by atomic mass is 35.5. The number of Topliss-reactive ketones (excluding diaryl/α,β-unsaturated/α-hetero) is 1. The van der Waals surface area contributed by atoms with Gasteiger partial charge in [0.1, 0.15) is 11.2 Å². The van der Waals surface area contributed by atoms with Gasteiger partial charge in [0.05, 0.1) is 7.11 Å². The van der Waals surface area contributed by atoms with Gasteiger partial charge in [-0.2, -0.15) is 0 Å². The van der Waals surface area contributed by atoms with E-state index in [1.54, 1.807) is 0 Å². The zero-order valence-electron chi connectivity index (χ0n) is 7.87. The number of esters is 1. The third kappa shape index (κ3) is 2.76. The smallest absolute Gasteiger partial charge is 0.376 e. The Morgan fingerprint density at radius 2 is 1.87 bits per heavy atom. The van der Waals surface area contributed by atoms with Crippen molar-refractivity contribution >= 4 is 23.4 Å². The van der Waals surface area contributed by atoms with Gasteiger partial charge in [-0.15, -0.1) is 11.6 Å². The highest BCUT2D eigenvalue weighted by Gasteiger charge is 2.25. The first-order chi connectivity index (χ1) is 7.06. The minimum atomic E-state index is -1.14. The van der Waals surface area contributed by atoms with Crippen LogP contribution in [-0.2, 0) is 14.3 Å². The van der Waals surface area contributed by atoms with Crippen molar-refractivity contribution < 1.29 is 18.7 Å². The van der Waals surface area contributed by atoms with Gasteiger partial charge in [0.2, 0.25) is 0 Å². The third-order valence-electron chi connectivity index (χ3n) is 1.78. The fourth-order valence-electron chi connectivity index (χ4n) is 0.987. The molecule has 1 rings (SSSR count). The standard InChI is InChI=1S/C10H8ClFO3/c1-15-10(14)9(13)8(11)6-2-4-7(12)5-3-6/h2-5,8H,1H3/t8-/m1/s1. The Balaban J connectivity index is 2.85. The summed E-state index contributed by atoms with van der Waals surface area (Å²) in [7, 11) is 1.09. The summed E-state index contributed by atoms with van der Waals surface area (Å²) in [4.78, 5) is 22.1. The highest BCUT2D eigenvalue weighted by Crippen LogP contribution is 2.21. The Hall–Kier alpha value is -1.42. The van der Waals surface area contributed by atoms with Gasteiger partial charge in [-0.25, -0.2) is 9.18 Å². The number of alkyl halides is 1. The number of carbonyl (C=O) groups excluding carboxylic acids is 2. The summed E-state index contributed by atoms with van der Waals surface area (Å²) in [5.41, 5.74) is 0.355. The molecule has 0 radical (unpaired) electrons. The second-order valence-electron chi connectivity index (χ2n) is 2.77. The first kappa shape index (κ1) is 11.7. The molecule has 80 valence electrons. The first-order valence-corrected chi connectivity index (χ1v) is 4.51. The summed E-state index contributed by atoms with van der Waals surface area (Å²) in [6, 6.07) is 5.01. The molecular weight excluding hydrogens is 223 g/mol. The van der Waals surface area contributed by atoms with Gasteiger partial charge < -0.3 is 4.74 Å². The summed E-state index contributed by atoms with van der Waals surface area (Å²) >= 11 is 5.71. The number of hydrogen-bond donors (Lipinski definition) is 0.